The lowest BCUT2D eigenvalue weighted by atomic mass is 10.0. The number of fused-ring (bicyclic) bond motifs is 1. The van der Waals surface area contributed by atoms with Crippen molar-refractivity contribution in [2.45, 2.75) is 20.8 Å². The van der Waals surface area contributed by atoms with Crippen molar-refractivity contribution >= 4 is 50.0 Å². The van der Waals surface area contributed by atoms with Crippen LogP contribution in [0.3, 0.4) is 0 Å². The number of nitrogens with one attached hydrogen (secondary N) is 3. The topological polar surface area (TPSA) is 92.3 Å². The Morgan fingerprint density at radius 1 is 0.909 bits per heavy atom. The molecule has 4 rings (SSSR count). The summed E-state index contributed by atoms with van der Waals surface area (Å²) in [6.45, 7) is 6.00. The molecule has 33 heavy (non-hydrogen) atoms. The van der Waals surface area contributed by atoms with Gasteiger partial charge in [0.2, 0.25) is 0 Å². The Labute approximate surface area is 195 Å². The average molecular weight is 461 g/mol. The van der Waals surface area contributed by atoms with Crippen molar-refractivity contribution in [2.75, 3.05) is 23.1 Å². The summed E-state index contributed by atoms with van der Waals surface area (Å²) >= 11 is 1.30. The molecule has 0 saturated carbocycles. The highest BCUT2D eigenvalue weighted by atomic mass is 32.1. The summed E-state index contributed by atoms with van der Waals surface area (Å²) in [5, 5.41) is 8.95. The number of anilines is 3. The Hall–Kier alpha value is -3.91. The van der Waals surface area contributed by atoms with E-state index in [1.54, 1.807) is 49.6 Å². The van der Waals surface area contributed by atoms with E-state index in [1.165, 1.54) is 11.3 Å². The lowest BCUT2D eigenvalue weighted by Crippen LogP contribution is -2.19. The first-order valence-electron chi connectivity index (χ1n) is 10.3. The predicted octanol–water partition coefficient (Wildman–Crippen LogP) is 6.13. The van der Waals surface area contributed by atoms with Gasteiger partial charge in [0.05, 0.1) is 17.3 Å². The molecule has 0 atom stereocenters. The molecule has 0 saturated heterocycles. The monoisotopic (exact) mass is 460 g/mol. The van der Waals surface area contributed by atoms with Crippen LogP contribution in [0.2, 0.25) is 0 Å². The lowest BCUT2D eigenvalue weighted by Gasteiger charge is -2.12. The molecule has 0 spiro atoms. The zero-order valence-electron chi connectivity index (χ0n) is 18.8. The number of urea groups is 1. The number of aryl methyl sites for hydroxylation is 3. The number of hydrogen-bond acceptors (Lipinski definition) is 5. The molecule has 4 aromatic rings. The number of rotatable bonds is 5. The quantitative estimate of drug-likeness (QED) is 0.334. The molecule has 3 amide bonds. The number of benzene rings is 3. The number of thiazole rings is 1. The Bertz CT molecular complexity index is 1340. The van der Waals surface area contributed by atoms with E-state index < -0.39 is 6.03 Å². The predicted molar refractivity (Wildman–Crippen MR) is 134 cm³/mol. The van der Waals surface area contributed by atoms with E-state index in [4.69, 9.17) is 4.74 Å². The van der Waals surface area contributed by atoms with E-state index in [-0.39, 0.29) is 5.91 Å². The third-order valence-electron chi connectivity index (χ3n) is 5.11. The van der Waals surface area contributed by atoms with Crippen molar-refractivity contribution in [1.29, 1.82) is 0 Å². The molecule has 0 aliphatic heterocycles. The molecule has 1 aromatic heterocycles. The van der Waals surface area contributed by atoms with Gasteiger partial charge in [-0.1, -0.05) is 35.1 Å². The first-order chi connectivity index (χ1) is 15.8. The summed E-state index contributed by atoms with van der Waals surface area (Å²) in [5.74, 6) is 0.459. The van der Waals surface area contributed by atoms with Crippen LogP contribution >= 0.6 is 11.3 Å². The number of aromatic nitrogens is 1. The number of methoxy groups -OCH3 is 1. The Morgan fingerprint density at radius 3 is 2.39 bits per heavy atom. The molecule has 0 aliphatic carbocycles. The first-order valence-corrected chi connectivity index (χ1v) is 11.2. The molecule has 0 aliphatic rings. The van der Waals surface area contributed by atoms with Gasteiger partial charge in [-0.15, -0.1) is 0 Å². The van der Waals surface area contributed by atoms with Crippen molar-refractivity contribution in [2.24, 2.45) is 0 Å². The number of carbonyl (C=O) groups excluding carboxylic acids is 2. The smallest absolute Gasteiger partial charge is 0.325 e. The zero-order valence-corrected chi connectivity index (χ0v) is 19.6. The second kappa shape index (κ2) is 9.30. The molecule has 1 heterocycles. The molecule has 8 heteroatoms. The maximum atomic E-state index is 12.9. The summed E-state index contributed by atoms with van der Waals surface area (Å²) in [5.41, 5.74) is 5.86. The second-order valence-corrected chi connectivity index (χ2v) is 8.77. The molecule has 3 N–H and O–H groups in total. The summed E-state index contributed by atoms with van der Waals surface area (Å²) in [6.07, 6.45) is 0. The van der Waals surface area contributed by atoms with Gasteiger partial charge in [0.15, 0.2) is 5.13 Å². The van der Waals surface area contributed by atoms with E-state index in [1.807, 2.05) is 32.9 Å². The third-order valence-corrected chi connectivity index (χ3v) is 6.05. The normalized spacial score (nSPS) is 10.7. The van der Waals surface area contributed by atoms with E-state index >= 15 is 0 Å². The molecule has 168 valence electrons. The van der Waals surface area contributed by atoms with Gasteiger partial charge in [0, 0.05) is 23.0 Å². The molecule has 0 unspecified atom stereocenters. The van der Waals surface area contributed by atoms with Gasteiger partial charge in [0.1, 0.15) is 5.75 Å². The summed E-state index contributed by atoms with van der Waals surface area (Å²) in [7, 11) is 1.57. The fraction of sp³-hybridized carbons (Fsp3) is 0.160. The maximum absolute atomic E-state index is 12.9. The van der Waals surface area contributed by atoms with E-state index in [2.05, 4.69) is 20.9 Å². The van der Waals surface area contributed by atoms with Gasteiger partial charge in [-0.2, -0.15) is 0 Å². The largest absolute Gasteiger partial charge is 0.497 e. The van der Waals surface area contributed by atoms with Gasteiger partial charge in [-0.25, -0.2) is 9.78 Å². The van der Waals surface area contributed by atoms with Gasteiger partial charge < -0.3 is 15.4 Å². The molecular formula is C25H24N4O3S. The molecule has 0 radical (unpaired) electrons. The van der Waals surface area contributed by atoms with Crippen LogP contribution in [0, 0.1) is 20.8 Å². The maximum Gasteiger partial charge on any atom is 0.325 e. The lowest BCUT2D eigenvalue weighted by molar-refractivity contribution is 0.102. The van der Waals surface area contributed by atoms with E-state index in [0.29, 0.717) is 27.6 Å². The van der Waals surface area contributed by atoms with Gasteiger partial charge in [-0.05, 0) is 62.2 Å². The van der Waals surface area contributed by atoms with Gasteiger partial charge >= 0.3 is 6.03 Å². The Kier molecular flexibility index (Phi) is 6.28. The van der Waals surface area contributed by atoms with Crippen LogP contribution in [-0.4, -0.2) is 24.0 Å². The van der Waals surface area contributed by atoms with Crippen LogP contribution < -0.4 is 20.7 Å². The first kappa shape index (κ1) is 22.3. The summed E-state index contributed by atoms with van der Waals surface area (Å²) in [4.78, 5) is 29.7. The molecule has 0 bridgehead atoms. The highest BCUT2D eigenvalue weighted by Gasteiger charge is 2.14. The van der Waals surface area contributed by atoms with Crippen LogP contribution in [0.15, 0.2) is 54.6 Å². The summed E-state index contributed by atoms with van der Waals surface area (Å²) < 4.78 is 5.97. The van der Waals surface area contributed by atoms with Gasteiger partial charge in [-0.3, -0.25) is 10.1 Å². The van der Waals surface area contributed by atoms with Crippen LogP contribution in [0.4, 0.5) is 21.3 Å². The molecule has 0 fully saturated rings. The van der Waals surface area contributed by atoms with Crippen LogP contribution in [0.1, 0.15) is 27.0 Å². The van der Waals surface area contributed by atoms with E-state index in [0.717, 1.165) is 27.1 Å². The fourth-order valence-corrected chi connectivity index (χ4v) is 4.54. The highest BCUT2D eigenvalue weighted by molar-refractivity contribution is 7.22. The molecule has 3 aromatic carbocycles. The minimum atomic E-state index is -0.411. The molecule has 7 nitrogen and oxygen atoms in total. The standard InChI is InChI=1S/C25H24N4O3S/c1-14-10-15(2)22(16(3)11-14)28-23(30)17-8-9-20-21(12-17)33-25(27-20)29-24(31)26-18-6-5-7-19(13-18)32-4/h5-13H,1-4H3,(H,28,30)(H2,26,27,29,31). The zero-order chi connectivity index (χ0) is 23.5. The van der Waals surface area contributed by atoms with Crippen molar-refractivity contribution < 1.29 is 14.3 Å². The second-order valence-electron chi connectivity index (χ2n) is 7.74. The van der Waals surface area contributed by atoms with E-state index in [9.17, 15) is 9.59 Å². The number of nitrogens with zero attached hydrogens (tertiary/aromatic N) is 1. The van der Waals surface area contributed by atoms with Crippen LogP contribution in [0.25, 0.3) is 10.2 Å². The number of ether oxygens (including phenoxy) is 1. The summed E-state index contributed by atoms with van der Waals surface area (Å²) in [6, 6.07) is 16.1. The third kappa shape index (κ3) is 5.12. The van der Waals surface area contributed by atoms with Crippen LogP contribution in [0.5, 0.6) is 5.75 Å². The minimum absolute atomic E-state index is 0.189. The fourth-order valence-electron chi connectivity index (χ4n) is 3.64. The number of amides is 3. The van der Waals surface area contributed by atoms with Crippen LogP contribution in [-0.2, 0) is 0 Å². The average Bonchev–Trinajstić information content (AvgIpc) is 3.17. The van der Waals surface area contributed by atoms with Crippen molar-refractivity contribution in [1.82, 2.24) is 4.98 Å². The SMILES string of the molecule is COc1cccc(NC(=O)Nc2nc3ccc(C(=O)Nc4c(C)cc(C)cc4C)cc3s2)c1. The highest BCUT2D eigenvalue weighted by Crippen LogP contribution is 2.28. The Morgan fingerprint density at radius 2 is 1.67 bits per heavy atom. The van der Waals surface area contributed by atoms with Crippen molar-refractivity contribution in [3.63, 3.8) is 0 Å². The van der Waals surface area contributed by atoms with Gasteiger partial charge in [0.25, 0.3) is 5.91 Å². The van der Waals surface area contributed by atoms with Crippen molar-refractivity contribution in [3.05, 3.63) is 76.9 Å². The minimum Gasteiger partial charge on any atom is -0.497 e. The Balaban J connectivity index is 1.48. The number of hydrogen-bond donors (Lipinski definition) is 3. The van der Waals surface area contributed by atoms with Crippen molar-refractivity contribution in [3.8, 4) is 5.75 Å². The molecular weight excluding hydrogens is 436 g/mol. The number of carbonyl (C=O) groups is 2.